The lowest BCUT2D eigenvalue weighted by Crippen LogP contribution is -2.44. The molecule has 2 heterocycles. The van der Waals surface area contributed by atoms with Crippen LogP contribution in [-0.2, 0) is 27.3 Å². The predicted molar refractivity (Wildman–Crippen MR) is 118 cm³/mol. The van der Waals surface area contributed by atoms with E-state index in [0.29, 0.717) is 27.6 Å². The van der Waals surface area contributed by atoms with Gasteiger partial charge >= 0.3 is 20.2 Å². The topological polar surface area (TPSA) is 154 Å². The van der Waals surface area contributed by atoms with Gasteiger partial charge in [0.15, 0.2) is 0 Å². The molecule has 12 heteroatoms. The number of amides is 2. The van der Waals surface area contributed by atoms with Crippen molar-refractivity contribution in [1.82, 2.24) is 10.6 Å². The highest BCUT2D eigenvalue weighted by Gasteiger charge is 2.29. The largest absolute Gasteiger partial charge is 0.491 e. The van der Waals surface area contributed by atoms with Crippen molar-refractivity contribution in [3.8, 4) is 0 Å². The zero-order valence-electron chi connectivity index (χ0n) is 17.6. The number of rotatable bonds is 8. The van der Waals surface area contributed by atoms with Crippen molar-refractivity contribution < 1.29 is 38.8 Å². The zero-order valence-corrected chi connectivity index (χ0v) is 17.6. The average Bonchev–Trinajstić information content (AvgIpc) is 3.37. The zero-order chi connectivity index (χ0) is 23.5. The smallest absolute Gasteiger partial charge is 0.481 e. The molecule has 4 rings (SSSR count). The lowest BCUT2D eigenvalue weighted by atomic mass is 9.79. The molecule has 0 aromatic heterocycles. The molecule has 10 nitrogen and oxygen atoms in total. The van der Waals surface area contributed by atoms with Gasteiger partial charge in [0.05, 0.1) is 13.2 Å². The molecule has 2 aromatic carbocycles. The summed E-state index contributed by atoms with van der Waals surface area (Å²) < 4.78 is 10.3. The Morgan fingerprint density at radius 3 is 2.33 bits per heavy atom. The van der Waals surface area contributed by atoms with Crippen LogP contribution in [0.1, 0.15) is 44.7 Å². The maximum atomic E-state index is 12.7. The third-order valence-electron chi connectivity index (χ3n) is 5.69. The Hall–Kier alpha value is -3.18. The maximum Gasteiger partial charge on any atom is 0.491 e. The minimum absolute atomic E-state index is 0.0146. The molecule has 2 amide bonds. The molecule has 0 fully saturated rings. The Kier molecular flexibility index (Phi) is 6.80. The summed E-state index contributed by atoms with van der Waals surface area (Å²) in [4.78, 5) is 36.4. The van der Waals surface area contributed by atoms with Crippen molar-refractivity contribution in [1.29, 1.82) is 0 Å². The fraction of sp³-hybridized carbons (Fsp3) is 0.286. The van der Waals surface area contributed by atoms with Gasteiger partial charge in [0, 0.05) is 30.1 Å². The third-order valence-corrected chi connectivity index (χ3v) is 5.69. The van der Waals surface area contributed by atoms with Crippen molar-refractivity contribution in [3.05, 3.63) is 58.7 Å². The fourth-order valence-corrected chi connectivity index (χ4v) is 3.84. The second-order valence-electron chi connectivity index (χ2n) is 7.97. The molecule has 5 N–H and O–H groups in total. The van der Waals surface area contributed by atoms with E-state index in [1.54, 1.807) is 36.4 Å². The number of carboxylic acids is 1. The van der Waals surface area contributed by atoms with Gasteiger partial charge in [-0.2, -0.15) is 0 Å². The van der Waals surface area contributed by atoms with Crippen LogP contribution in [-0.4, -0.2) is 59.8 Å². The SMILES string of the molecule is O=C(O)CC[C@H](CNC(=O)c1ccc2c(c1)B(O)OC2)NC(=O)c1ccc2c(c1)COB2O. The minimum atomic E-state index is -1.07. The summed E-state index contributed by atoms with van der Waals surface area (Å²) in [7, 11) is -2.09. The summed E-state index contributed by atoms with van der Waals surface area (Å²) in [5.74, 6) is -1.87. The van der Waals surface area contributed by atoms with E-state index in [0.717, 1.165) is 5.56 Å². The first-order valence-corrected chi connectivity index (χ1v) is 10.5. The molecule has 0 saturated carbocycles. The van der Waals surface area contributed by atoms with Gasteiger partial charge in [-0.1, -0.05) is 12.1 Å². The highest BCUT2D eigenvalue weighted by molar-refractivity contribution is 6.62. The third kappa shape index (κ3) is 5.25. The predicted octanol–water partition coefficient (Wildman–Crippen LogP) is -1.48. The van der Waals surface area contributed by atoms with Gasteiger partial charge in [-0.15, -0.1) is 0 Å². The van der Waals surface area contributed by atoms with E-state index in [4.69, 9.17) is 14.4 Å². The van der Waals surface area contributed by atoms with Gasteiger partial charge in [0.1, 0.15) is 0 Å². The molecule has 170 valence electrons. The number of benzene rings is 2. The molecule has 2 aliphatic rings. The van der Waals surface area contributed by atoms with Gasteiger partial charge < -0.3 is 35.1 Å². The van der Waals surface area contributed by atoms with Crippen LogP contribution >= 0.6 is 0 Å². The Balaban J connectivity index is 1.41. The van der Waals surface area contributed by atoms with Crippen LogP contribution in [0.3, 0.4) is 0 Å². The van der Waals surface area contributed by atoms with E-state index < -0.39 is 38.1 Å². The summed E-state index contributed by atoms with van der Waals surface area (Å²) in [6.07, 6.45) is -0.0712. The lowest BCUT2D eigenvalue weighted by molar-refractivity contribution is -0.137. The average molecular weight is 452 g/mol. The standard InChI is InChI=1S/C21H22B2N2O8/c26-19(27)6-4-16(25-21(29)12-3-5-17-15(7-12)11-33-22(17)30)9-24-20(28)13-1-2-14-10-32-23(31)18(14)8-13/h1-3,5,7-8,16,30-31H,4,6,9-11H2,(H,24,28)(H,25,29)(H,26,27)/t16-/m1/s1. The van der Waals surface area contributed by atoms with Gasteiger partial charge in [0.25, 0.3) is 11.8 Å². The van der Waals surface area contributed by atoms with E-state index in [9.17, 15) is 24.4 Å². The lowest BCUT2D eigenvalue weighted by Gasteiger charge is -2.19. The number of fused-ring (bicyclic) bond motifs is 2. The van der Waals surface area contributed by atoms with Crippen molar-refractivity contribution in [3.63, 3.8) is 0 Å². The second kappa shape index (κ2) is 9.75. The summed E-state index contributed by atoms with van der Waals surface area (Å²) >= 11 is 0. The molecular formula is C21H22B2N2O8. The normalized spacial score (nSPS) is 15.1. The fourth-order valence-electron chi connectivity index (χ4n) is 3.84. The Labute approximate surface area is 190 Å². The van der Waals surface area contributed by atoms with E-state index in [-0.39, 0.29) is 32.6 Å². The molecule has 2 aromatic rings. The molecule has 1 atom stereocenters. The van der Waals surface area contributed by atoms with Gasteiger partial charge in [-0.25, -0.2) is 0 Å². The van der Waals surface area contributed by atoms with E-state index >= 15 is 0 Å². The molecule has 0 spiro atoms. The molecule has 0 radical (unpaired) electrons. The van der Waals surface area contributed by atoms with Gasteiger partial charge in [-0.05, 0) is 52.7 Å². The van der Waals surface area contributed by atoms with Crippen molar-refractivity contribution in [2.45, 2.75) is 32.1 Å². The van der Waals surface area contributed by atoms with Crippen LogP contribution in [0.2, 0.25) is 0 Å². The summed E-state index contributed by atoms with van der Waals surface area (Å²) in [5.41, 5.74) is 3.30. The Bertz CT molecular complexity index is 1100. The maximum absolute atomic E-state index is 12.7. The quantitative estimate of drug-likeness (QED) is 0.304. The molecule has 0 aliphatic carbocycles. The van der Waals surface area contributed by atoms with Crippen molar-refractivity contribution >= 4 is 42.9 Å². The molecular weight excluding hydrogens is 430 g/mol. The highest BCUT2D eigenvalue weighted by atomic mass is 16.5. The van der Waals surface area contributed by atoms with Crippen LogP contribution in [0.25, 0.3) is 0 Å². The molecule has 33 heavy (non-hydrogen) atoms. The molecule has 0 unspecified atom stereocenters. The van der Waals surface area contributed by atoms with Crippen molar-refractivity contribution in [2.24, 2.45) is 0 Å². The monoisotopic (exact) mass is 452 g/mol. The summed E-state index contributed by atoms with van der Waals surface area (Å²) in [6.45, 7) is 0.479. The Morgan fingerprint density at radius 1 is 0.909 bits per heavy atom. The molecule has 2 aliphatic heterocycles. The number of carboxylic acid groups (broad SMARTS) is 1. The summed E-state index contributed by atoms with van der Waals surface area (Å²) in [6, 6.07) is 9.02. The number of hydrogen-bond acceptors (Lipinski definition) is 7. The van der Waals surface area contributed by atoms with E-state index in [1.807, 2.05) is 0 Å². The highest BCUT2D eigenvalue weighted by Crippen LogP contribution is 2.13. The summed E-state index contributed by atoms with van der Waals surface area (Å²) in [5, 5.41) is 34.1. The number of carbonyl (C=O) groups is 3. The number of nitrogens with one attached hydrogen (secondary N) is 2. The first-order valence-electron chi connectivity index (χ1n) is 10.5. The van der Waals surface area contributed by atoms with E-state index in [1.165, 1.54) is 0 Å². The van der Waals surface area contributed by atoms with Gasteiger partial charge in [0.2, 0.25) is 0 Å². The number of hydrogen-bond donors (Lipinski definition) is 5. The molecule has 0 saturated heterocycles. The van der Waals surface area contributed by atoms with E-state index in [2.05, 4.69) is 10.6 Å². The van der Waals surface area contributed by atoms with Crippen LogP contribution in [0.4, 0.5) is 0 Å². The Morgan fingerprint density at radius 2 is 1.58 bits per heavy atom. The molecule has 0 bridgehead atoms. The second-order valence-corrected chi connectivity index (χ2v) is 7.97. The van der Waals surface area contributed by atoms with Crippen LogP contribution < -0.4 is 21.6 Å². The minimum Gasteiger partial charge on any atom is -0.481 e. The number of aliphatic carboxylic acids is 1. The first-order chi connectivity index (χ1) is 15.8. The van der Waals surface area contributed by atoms with Crippen LogP contribution in [0, 0.1) is 0 Å². The van der Waals surface area contributed by atoms with Crippen LogP contribution in [0.5, 0.6) is 0 Å². The van der Waals surface area contributed by atoms with Gasteiger partial charge in [-0.3, -0.25) is 14.4 Å². The first kappa shape index (κ1) is 23.0. The van der Waals surface area contributed by atoms with Crippen molar-refractivity contribution in [2.75, 3.05) is 6.54 Å². The number of carbonyl (C=O) groups excluding carboxylic acids is 2. The van der Waals surface area contributed by atoms with Crippen LogP contribution in [0.15, 0.2) is 36.4 Å².